The molecule has 0 amide bonds. The van der Waals surface area contributed by atoms with Crippen molar-refractivity contribution in [3.8, 4) is 5.75 Å². The van der Waals surface area contributed by atoms with E-state index in [2.05, 4.69) is 122 Å². The van der Waals surface area contributed by atoms with E-state index in [4.69, 9.17) is 0 Å². The van der Waals surface area contributed by atoms with Gasteiger partial charge in [-0.25, -0.2) is 8.42 Å². The second-order valence-electron chi connectivity index (χ2n) is 13.8. The van der Waals surface area contributed by atoms with Crippen LogP contribution in [0.15, 0.2) is 132 Å². The largest absolute Gasteiger partial charge is 0.744 e. The van der Waals surface area contributed by atoms with Gasteiger partial charge in [-0.15, -0.1) is 0 Å². The Morgan fingerprint density at radius 3 is 1.33 bits per heavy atom. The van der Waals surface area contributed by atoms with E-state index >= 15 is 0 Å². The zero-order valence-electron chi connectivity index (χ0n) is 27.9. The summed E-state index contributed by atoms with van der Waals surface area (Å²) in [5.41, 5.74) is 2.75. The number of hydrogen-bond donors (Lipinski definition) is 1. The Morgan fingerprint density at radius 2 is 1.00 bits per heavy atom. The third kappa shape index (κ3) is 8.14. The lowest BCUT2D eigenvalue weighted by molar-refractivity contribution is 0.420. The van der Waals surface area contributed by atoms with Crippen LogP contribution in [0.2, 0.25) is 0 Å². The zero-order valence-corrected chi connectivity index (χ0v) is 29.6. The summed E-state index contributed by atoms with van der Waals surface area (Å²) in [6, 6.07) is 44.7. The normalized spacial score (nSPS) is 12.3. The van der Waals surface area contributed by atoms with Gasteiger partial charge in [0.05, 0.1) is 11.1 Å². The molecule has 5 aromatic carbocycles. The Labute approximate surface area is 276 Å². The Morgan fingerprint density at radius 1 is 0.609 bits per heavy atom. The quantitative estimate of drug-likeness (QED) is 0.148. The monoisotopic (exact) mass is 652 g/mol. The second-order valence-corrected chi connectivity index (χ2v) is 18.6. The maximum Gasteiger partial charge on any atom is 0.124 e. The fourth-order valence-electron chi connectivity index (χ4n) is 5.75. The van der Waals surface area contributed by atoms with Crippen molar-refractivity contribution in [2.24, 2.45) is 0 Å². The van der Waals surface area contributed by atoms with E-state index in [0.29, 0.717) is 11.1 Å². The number of phenols is 1. The first kappa shape index (κ1) is 35.1. The van der Waals surface area contributed by atoms with Crippen molar-refractivity contribution >= 4 is 33.3 Å². The lowest BCUT2D eigenvalue weighted by atomic mass is 9.79. The van der Waals surface area contributed by atoms with Gasteiger partial charge in [-0.05, 0) is 71.8 Å². The van der Waals surface area contributed by atoms with Crippen LogP contribution in [0.4, 0.5) is 0 Å². The summed E-state index contributed by atoms with van der Waals surface area (Å²) in [7, 11) is -6.34. The standard InChI is InChI=1S/C26H24P.C14H22O4S/c1-22-12-11-13-23(20-22)21-27(24-14-5-2-6-15-24,25-16-7-3-8-17-25)26-18-9-4-10-19-26;1-13(2,3)10-7-9(19(16,17)18)8-11(12(10)15)14(4,5)6/h2-20H,21H2,1H3;7-8,15H,1-6H3,(H,16,17,18)/q+1;/p-1. The second kappa shape index (κ2) is 13.9. The van der Waals surface area contributed by atoms with E-state index in [-0.39, 0.29) is 10.6 Å². The van der Waals surface area contributed by atoms with E-state index in [1.807, 2.05) is 41.5 Å². The molecule has 0 saturated heterocycles. The van der Waals surface area contributed by atoms with Crippen LogP contribution in [0.3, 0.4) is 0 Å². The first-order valence-electron chi connectivity index (χ1n) is 15.5. The van der Waals surface area contributed by atoms with Crippen LogP contribution in [0.5, 0.6) is 5.75 Å². The molecule has 0 aromatic heterocycles. The molecule has 46 heavy (non-hydrogen) atoms. The molecule has 0 unspecified atom stereocenters. The molecule has 0 aliphatic rings. The smallest absolute Gasteiger partial charge is 0.124 e. The number of aryl methyl sites for hydroxylation is 1. The Kier molecular flexibility index (Phi) is 10.6. The Hall–Kier alpha value is -3.76. The molecular weight excluding hydrogens is 607 g/mol. The highest BCUT2D eigenvalue weighted by Gasteiger charge is 2.45. The van der Waals surface area contributed by atoms with E-state index in [0.717, 1.165) is 6.16 Å². The van der Waals surface area contributed by atoms with Gasteiger partial charge in [-0.1, -0.05) is 126 Å². The molecule has 5 aromatic rings. The lowest BCUT2D eigenvalue weighted by Gasteiger charge is -2.28. The molecule has 0 saturated carbocycles. The van der Waals surface area contributed by atoms with Crippen molar-refractivity contribution in [1.29, 1.82) is 0 Å². The summed E-state index contributed by atoms with van der Waals surface area (Å²) in [5.74, 6) is 0.0624. The molecule has 0 heterocycles. The topological polar surface area (TPSA) is 77.4 Å². The number of benzene rings is 5. The number of phenolic OH excluding ortho intramolecular Hbond substituents is 1. The SMILES string of the molecule is CC(C)(C)c1cc(S(=O)(=O)[O-])cc(C(C)(C)C)c1O.Cc1cccc(C[P+](c2ccccc2)(c2ccccc2)c2ccccc2)c1. The highest BCUT2D eigenvalue weighted by molar-refractivity contribution is 7.95. The summed E-state index contributed by atoms with van der Waals surface area (Å²) in [6.07, 6.45) is 1.03. The minimum absolute atomic E-state index is 0.0624. The first-order valence-corrected chi connectivity index (χ1v) is 18.9. The van der Waals surface area contributed by atoms with E-state index in [1.165, 1.54) is 39.2 Å². The van der Waals surface area contributed by atoms with Crippen LogP contribution in [-0.4, -0.2) is 18.1 Å². The van der Waals surface area contributed by atoms with Crippen molar-refractivity contribution in [3.05, 3.63) is 150 Å². The number of hydrogen-bond acceptors (Lipinski definition) is 4. The van der Waals surface area contributed by atoms with Crippen LogP contribution in [-0.2, 0) is 27.1 Å². The molecule has 0 aliphatic heterocycles. The highest BCUT2D eigenvalue weighted by Crippen LogP contribution is 2.58. The van der Waals surface area contributed by atoms with Gasteiger partial charge in [0.1, 0.15) is 39.0 Å². The molecule has 0 spiro atoms. The van der Waals surface area contributed by atoms with E-state index in [1.54, 1.807) is 0 Å². The van der Waals surface area contributed by atoms with Gasteiger partial charge in [-0.2, -0.15) is 0 Å². The van der Waals surface area contributed by atoms with Gasteiger partial charge in [0.15, 0.2) is 0 Å². The van der Waals surface area contributed by atoms with Gasteiger partial charge in [0, 0.05) is 11.1 Å². The van der Waals surface area contributed by atoms with Gasteiger partial charge >= 0.3 is 0 Å². The van der Waals surface area contributed by atoms with E-state index < -0.39 is 28.2 Å². The number of aromatic hydroxyl groups is 1. The van der Waals surface area contributed by atoms with Crippen LogP contribution in [0.1, 0.15) is 63.8 Å². The van der Waals surface area contributed by atoms with Crippen molar-refractivity contribution in [3.63, 3.8) is 0 Å². The predicted octanol–water partition coefficient (Wildman–Crippen LogP) is 8.38. The molecule has 0 fully saturated rings. The van der Waals surface area contributed by atoms with Crippen LogP contribution >= 0.6 is 7.26 Å². The molecule has 1 N–H and O–H groups in total. The first-order chi connectivity index (χ1) is 21.5. The van der Waals surface area contributed by atoms with Gasteiger partial charge in [0.2, 0.25) is 0 Å². The Balaban J connectivity index is 0.000000224. The van der Waals surface area contributed by atoms with Crippen LogP contribution in [0, 0.1) is 6.92 Å². The molecule has 0 bridgehead atoms. The van der Waals surface area contributed by atoms with Gasteiger partial charge in [-0.3, -0.25) is 0 Å². The van der Waals surface area contributed by atoms with Crippen molar-refractivity contribution in [2.45, 2.75) is 70.4 Å². The Bertz CT molecular complexity index is 1720. The zero-order chi connectivity index (χ0) is 33.8. The van der Waals surface area contributed by atoms with Crippen molar-refractivity contribution < 1.29 is 18.1 Å². The average Bonchev–Trinajstić information content (AvgIpc) is 3.00. The highest BCUT2D eigenvalue weighted by atomic mass is 32.2. The molecule has 240 valence electrons. The molecule has 0 atom stereocenters. The third-order valence-electron chi connectivity index (χ3n) is 8.08. The van der Waals surface area contributed by atoms with Gasteiger partial charge < -0.3 is 9.66 Å². The molecule has 0 radical (unpaired) electrons. The third-order valence-corrected chi connectivity index (χ3v) is 13.3. The molecule has 5 rings (SSSR count). The fraction of sp³-hybridized carbons (Fsp3) is 0.250. The van der Waals surface area contributed by atoms with Gasteiger partial charge in [0.25, 0.3) is 0 Å². The predicted molar refractivity (Wildman–Crippen MR) is 194 cm³/mol. The summed E-state index contributed by atoms with van der Waals surface area (Å²) in [6.45, 7) is 13.3. The maximum absolute atomic E-state index is 11.3. The molecular formula is C40H45O4PS. The summed E-state index contributed by atoms with van der Waals surface area (Å²) < 4.78 is 33.8. The summed E-state index contributed by atoms with van der Waals surface area (Å²) in [4.78, 5) is -0.292. The van der Waals surface area contributed by atoms with Crippen LogP contribution < -0.4 is 15.9 Å². The minimum atomic E-state index is -4.55. The fourth-order valence-corrected chi connectivity index (χ4v) is 10.5. The molecule has 6 heteroatoms. The number of rotatable bonds is 6. The molecule has 0 aliphatic carbocycles. The molecule has 4 nitrogen and oxygen atoms in total. The van der Waals surface area contributed by atoms with E-state index in [9.17, 15) is 18.1 Å². The minimum Gasteiger partial charge on any atom is -0.744 e. The summed E-state index contributed by atoms with van der Waals surface area (Å²) in [5, 5.41) is 14.7. The summed E-state index contributed by atoms with van der Waals surface area (Å²) >= 11 is 0. The van der Waals surface area contributed by atoms with Crippen molar-refractivity contribution in [1.82, 2.24) is 0 Å². The van der Waals surface area contributed by atoms with Crippen molar-refractivity contribution in [2.75, 3.05) is 0 Å². The lowest BCUT2D eigenvalue weighted by Crippen LogP contribution is -2.32. The average molecular weight is 653 g/mol. The maximum atomic E-state index is 11.3. The van der Waals surface area contributed by atoms with Crippen LogP contribution in [0.25, 0.3) is 0 Å².